The maximum atomic E-state index is 12.6. The second-order valence-corrected chi connectivity index (χ2v) is 7.85. The Morgan fingerprint density at radius 3 is 2.39 bits per heavy atom. The van der Waals surface area contributed by atoms with Crippen molar-refractivity contribution in [3.8, 4) is 0 Å². The molecule has 23 heavy (non-hydrogen) atoms. The minimum absolute atomic E-state index is 0. The summed E-state index contributed by atoms with van der Waals surface area (Å²) in [4.78, 5) is 28.0. The summed E-state index contributed by atoms with van der Waals surface area (Å²) in [5.41, 5.74) is -0.912. The number of nitrogens with zero attached hydrogens (tertiary/aromatic N) is 2. The van der Waals surface area contributed by atoms with Crippen molar-refractivity contribution in [3.63, 3.8) is 0 Å². The number of aliphatic carboxylic acids is 1. The topological polar surface area (TPSA) is 72.9 Å². The van der Waals surface area contributed by atoms with Gasteiger partial charge in [0.25, 0.3) is 0 Å². The van der Waals surface area contributed by atoms with Crippen molar-refractivity contribution >= 4 is 12.1 Å². The van der Waals surface area contributed by atoms with Crippen LogP contribution in [0.15, 0.2) is 0 Å². The number of carboxylic acid groups (broad SMARTS) is 1. The Balaban J connectivity index is 0.00000192. The zero-order valence-corrected chi connectivity index (χ0v) is 17.8. The Kier molecular flexibility index (Phi) is 5.91. The number of ether oxygens (including phenoxy) is 1. The number of amides is 1. The number of rotatable bonds is 1. The average molecular weight is 348 g/mol. The van der Waals surface area contributed by atoms with Crippen LogP contribution in [0, 0.1) is 5.92 Å². The molecule has 124 valence electrons. The first-order valence-corrected chi connectivity index (χ1v) is 8.18. The summed E-state index contributed by atoms with van der Waals surface area (Å²) < 4.78 is 5.56. The largest absolute Gasteiger partial charge is 1.00 e. The first-order chi connectivity index (χ1) is 10.2. The molecule has 2 heterocycles. The SMILES string of the molecule is CC(C)(C)OC(=O)N1CCN2CCCC2C12CC(C(=O)[O-])C2.[K+]. The number of piperazine rings is 1. The van der Waals surface area contributed by atoms with Crippen LogP contribution in [-0.4, -0.2) is 58.7 Å². The van der Waals surface area contributed by atoms with Gasteiger partial charge in [-0.15, -0.1) is 0 Å². The molecule has 1 atom stereocenters. The van der Waals surface area contributed by atoms with Crippen molar-refractivity contribution in [2.75, 3.05) is 19.6 Å². The standard InChI is InChI=1S/C16H26N2O4.K/c1-15(2,3)22-14(21)18-8-7-17-6-4-5-12(17)16(18)9-11(10-16)13(19)20;/h11-12H,4-10H2,1-3H3,(H,19,20);/q;+1/p-1. The third-order valence-electron chi connectivity index (χ3n) is 5.28. The van der Waals surface area contributed by atoms with Crippen molar-refractivity contribution in [2.45, 2.75) is 63.6 Å². The minimum atomic E-state index is -0.995. The summed E-state index contributed by atoms with van der Waals surface area (Å²) in [6.07, 6.45) is 2.82. The second-order valence-electron chi connectivity index (χ2n) is 7.85. The Morgan fingerprint density at radius 2 is 1.83 bits per heavy atom. The normalized spacial score (nSPS) is 33.6. The van der Waals surface area contributed by atoms with Crippen LogP contribution >= 0.6 is 0 Å². The summed E-state index contributed by atoms with van der Waals surface area (Å²) in [5, 5.41) is 11.1. The molecular formula is C16H25KN2O4. The minimum Gasteiger partial charge on any atom is -0.550 e. The van der Waals surface area contributed by atoms with Crippen LogP contribution < -0.4 is 56.5 Å². The molecule has 1 saturated carbocycles. The molecule has 0 N–H and O–H groups in total. The molecule has 1 amide bonds. The average Bonchev–Trinajstić information content (AvgIpc) is 2.80. The summed E-state index contributed by atoms with van der Waals surface area (Å²) >= 11 is 0. The maximum Gasteiger partial charge on any atom is 1.00 e. The van der Waals surface area contributed by atoms with E-state index >= 15 is 0 Å². The number of hydrogen-bond donors (Lipinski definition) is 0. The summed E-state index contributed by atoms with van der Waals surface area (Å²) in [7, 11) is 0. The van der Waals surface area contributed by atoms with Gasteiger partial charge in [0.2, 0.25) is 0 Å². The molecule has 7 heteroatoms. The third kappa shape index (κ3) is 3.65. The van der Waals surface area contributed by atoms with Gasteiger partial charge in [0.1, 0.15) is 5.60 Å². The van der Waals surface area contributed by atoms with E-state index in [2.05, 4.69) is 4.90 Å². The van der Waals surface area contributed by atoms with Gasteiger partial charge in [-0.1, -0.05) is 0 Å². The van der Waals surface area contributed by atoms with Crippen molar-refractivity contribution in [2.24, 2.45) is 5.92 Å². The van der Waals surface area contributed by atoms with E-state index in [9.17, 15) is 14.7 Å². The zero-order valence-electron chi connectivity index (χ0n) is 14.6. The molecule has 0 aromatic rings. The molecule has 0 radical (unpaired) electrons. The van der Waals surface area contributed by atoms with E-state index in [0.717, 1.165) is 25.9 Å². The van der Waals surface area contributed by atoms with E-state index in [4.69, 9.17) is 4.74 Å². The van der Waals surface area contributed by atoms with Gasteiger partial charge in [-0.25, -0.2) is 4.79 Å². The van der Waals surface area contributed by atoms with Gasteiger partial charge in [0.05, 0.1) is 5.54 Å². The smallest absolute Gasteiger partial charge is 0.550 e. The summed E-state index contributed by atoms with van der Waals surface area (Å²) in [6, 6.07) is 0.268. The van der Waals surface area contributed by atoms with Gasteiger partial charge in [0.15, 0.2) is 0 Å². The molecule has 3 fully saturated rings. The van der Waals surface area contributed by atoms with Crippen molar-refractivity contribution < 1.29 is 70.8 Å². The van der Waals surface area contributed by atoms with E-state index in [1.165, 1.54) is 0 Å². The number of fused-ring (bicyclic) bond motifs is 2. The molecule has 2 aliphatic heterocycles. The van der Waals surface area contributed by atoms with Crippen LogP contribution in [-0.2, 0) is 9.53 Å². The third-order valence-corrected chi connectivity index (χ3v) is 5.28. The molecular weight excluding hydrogens is 323 g/mol. The maximum absolute atomic E-state index is 12.6. The zero-order chi connectivity index (χ0) is 16.1. The molecule has 0 bridgehead atoms. The fourth-order valence-electron chi connectivity index (χ4n) is 4.38. The fourth-order valence-corrected chi connectivity index (χ4v) is 4.38. The Labute approximate surface area is 180 Å². The molecule has 3 aliphatic rings. The molecule has 2 saturated heterocycles. The Bertz CT molecular complexity index is 485. The van der Waals surface area contributed by atoms with Gasteiger partial charge in [-0.05, 0) is 53.0 Å². The predicted octanol–water partition coefficient (Wildman–Crippen LogP) is -2.40. The predicted molar refractivity (Wildman–Crippen MR) is 78.0 cm³/mol. The van der Waals surface area contributed by atoms with Crippen molar-refractivity contribution in [1.29, 1.82) is 0 Å². The number of hydrogen-bond acceptors (Lipinski definition) is 5. The fraction of sp³-hybridized carbons (Fsp3) is 0.875. The van der Waals surface area contributed by atoms with Crippen LogP contribution in [0.25, 0.3) is 0 Å². The molecule has 1 aliphatic carbocycles. The molecule has 3 rings (SSSR count). The van der Waals surface area contributed by atoms with E-state index in [0.29, 0.717) is 19.4 Å². The Hall–Kier alpha value is 0.336. The number of carbonyl (C=O) groups excluding carboxylic acids is 2. The van der Waals surface area contributed by atoms with Gasteiger partial charge in [-0.2, -0.15) is 0 Å². The monoisotopic (exact) mass is 348 g/mol. The van der Waals surface area contributed by atoms with E-state index in [1.807, 2.05) is 25.7 Å². The van der Waals surface area contributed by atoms with Gasteiger partial charge in [-0.3, -0.25) is 9.80 Å². The van der Waals surface area contributed by atoms with Crippen LogP contribution in [0.5, 0.6) is 0 Å². The van der Waals surface area contributed by atoms with Gasteiger partial charge >= 0.3 is 57.5 Å². The van der Waals surface area contributed by atoms with Gasteiger partial charge < -0.3 is 14.6 Å². The summed E-state index contributed by atoms with van der Waals surface area (Å²) in [5.74, 6) is -1.43. The second kappa shape index (κ2) is 6.92. The number of carbonyl (C=O) groups is 2. The van der Waals surface area contributed by atoms with E-state index < -0.39 is 17.5 Å². The molecule has 6 nitrogen and oxygen atoms in total. The first-order valence-electron chi connectivity index (χ1n) is 8.18. The van der Waals surface area contributed by atoms with Crippen LogP contribution in [0.3, 0.4) is 0 Å². The number of carboxylic acids is 1. The van der Waals surface area contributed by atoms with Crippen molar-refractivity contribution in [3.05, 3.63) is 0 Å². The van der Waals surface area contributed by atoms with Crippen molar-refractivity contribution in [1.82, 2.24) is 9.80 Å². The molecule has 0 aromatic carbocycles. The summed E-state index contributed by atoms with van der Waals surface area (Å²) in [6.45, 7) is 8.08. The van der Waals surface area contributed by atoms with Crippen LogP contribution in [0.2, 0.25) is 0 Å². The van der Waals surface area contributed by atoms with Gasteiger partial charge in [0, 0.05) is 31.0 Å². The van der Waals surface area contributed by atoms with E-state index in [-0.39, 0.29) is 69.1 Å². The quantitative estimate of drug-likeness (QED) is 0.494. The molecule has 1 unspecified atom stereocenters. The molecule has 1 spiro atoms. The van der Waals surface area contributed by atoms with Crippen LogP contribution in [0.4, 0.5) is 4.79 Å². The molecule has 0 aromatic heterocycles. The van der Waals surface area contributed by atoms with Crippen LogP contribution in [0.1, 0.15) is 46.5 Å². The first kappa shape index (κ1) is 19.7. The Morgan fingerprint density at radius 1 is 1.17 bits per heavy atom. The van der Waals surface area contributed by atoms with E-state index in [1.54, 1.807) is 0 Å².